The SMILES string of the molecule is c1ccc(-c2cccc(N3c4ccccc4-c4c(ccc5ccccc45)-n4c3nc3ccccc34)c2)cc1. The van der Waals surface area contributed by atoms with E-state index in [9.17, 15) is 0 Å². The summed E-state index contributed by atoms with van der Waals surface area (Å²) in [7, 11) is 0. The fraction of sp³-hybridized carbons (Fsp3) is 0. The molecule has 1 aromatic heterocycles. The summed E-state index contributed by atoms with van der Waals surface area (Å²) >= 11 is 0. The molecule has 0 saturated carbocycles. The number of aromatic nitrogens is 2. The van der Waals surface area contributed by atoms with Crippen molar-refractivity contribution in [2.45, 2.75) is 0 Å². The van der Waals surface area contributed by atoms with Crippen molar-refractivity contribution in [2.24, 2.45) is 0 Å². The summed E-state index contributed by atoms with van der Waals surface area (Å²) in [5.41, 5.74) is 10.2. The van der Waals surface area contributed by atoms with Gasteiger partial charge in [-0.05, 0) is 58.3 Å². The molecule has 1 aliphatic heterocycles. The van der Waals surface area contributed by atoms with E-state index < -0.39 is 0 Å². The van der Waals surface area contributed by atoms with Gasteiger partial charge in [-0.1, -0.05) is 103 Å². The number of benzene rings is 6. The molecule has 0 amide bonds. The Bertz CT molecular complexity index is 1980. The normalized spacial score (nSPS) is 12.2. The molecule has 38 heavy (non-hydrogen) atoms. The van der Waals surface area contributed by atoms with Crippen LogP contribution >= 0.6 is 0 Å². The van der Waals surface area contributed by atoms with Crippen molar-refractivity contribution in [3.8, 4) is 27.9 Å². The molecular formula is C35H23N3. The van der Waals surface area contributed by atoms with E-state index >= 15 is 0 Å². The third-order valence-electron chi connectivity index (χ3n) is 7.52. The number of rotatable bonds is 2. The quantitative estimate of drug-likeness (QED) is 0.243. The van der Waals surface area contributed by atoms with E-state index in [4.69, 9.17) is 4.98 Å². The second-order valence-electron chi connectivity index (χ2n) is 9.69. The van der Waals surface area contributed by atoms with Gasteiger partial charge in [0.05, 0.1) is 22.4 Å². The molecule has 7 aromatic rings. The standard InChI is InChI=1S/C35H23N3/c1-2-11-24(12-3-1)26-14-10-15-27(23-26)37-31-19-8-6-17-29(31)34-28-16-5-4-13-25(28)21-22-33(34)38-32-20-9-7-18-30(32)36-35(37)38/h1-23H. The van der Waals surface area contributed by atoms with E-state index in [0.717, 1.165) is 34.0 Å². The van der Waals surface area contributed by atoms with Crippen LogP contribution in [0.4, 0.5) is 17.3 Å². The van der Waals surface area contributed by atoms with Gasteiger partial charge < -0.3 is 0 Å². The van der Waals surface area contributed by atoms with E-state index in [0.29, 0.717) is 0 Å². The highest BCUT2D eigenvalue weighted by Gasteiger charge is 2.30. The van der Waals surface area contributed by atoms with Crippen LogP contribution in [0.15, 0.2) is 140 Å². The Morgan fingerprint density at radius 3 is 2.24 bits per heavy atom. The molecule has 0 atom stereocenters. The van der Waals surface area contributed by atoms with Crippen LogP contribution in [0.25, 0.3) is 49.7 Å². The topological polar surface area (TPSA) is 21.1 Å². The summed E-state index contributed by atoms with van der Waals surface area (Å²) in [6.45, 7) is 0. The highest BCUT2D eigenvalue weighted by Crippen LogP contribution is 2.49. The third kappa shape index (κ3) is 3.06. The van der Waals surface area contributed by atoms with E-state index in [-0.39, 0.29) is 0 Å². The Hall–Kier alpha value is -5.15. The number of anilines is 3. The van der Waals surface area contributed by atoms with Crippen molar-refractivity contribution in [2.75, 3.05) is 4.90 Å². The monoisotopic (exact) mass is 485 g/mol. The molecule has 0 radical (unpaired) electrons. The van der Waals surface area contributed by atoms with Gasteiger partial charge in [-0.15, -0.1) is 0 Å². The zero-order valence-corrected chi connectivity index (χ0v) is 20.6. The first-order valence-electron chi connectivity index (χ1n) is 12.9. The molecule has 1 aliphatic rings. The highest BCUT2D eigenvalue weighted by atomic mass is 15.3. The van der Waals surface area contributed by atoms with Crippen molar-refractivity contribution in [3.63, 3.8) is 0 Å². The summed E-state index contributed by atoms with van der Waals surface area (Å²) < 4.78 is 2.33. The van der Waals surface area contributed by atoms with Crippen LogP contribution in [0.5, 0.6) is 0 Å². The lowest BCUT2D eigenvalue weighted by Gasteiger charge is -2.25. The number of fused-ring (bicyclic) bond motifs is 9. The predicted molar refractivity (Wildman–Crippen MR) is 158 cm³/mol. The van der Waals surface area contributed by atoms with Crippen LogP contribution in [-0.2, 0) is 0 Å². The molecule has 0 bridgehead atoms. The maximum Gasteiger partial charge on any atom is 0.220 e. The number of hydrogen-bond acceptors (Lipinski definition) is 2. The first kappa shape index (κ1) is 21.0. The van der Waals surface area contributed by atoms with Crippen molar-refractivity contribution in [3.05, 3.63) is 140 Å². The minimum Gasteiger partial charge on any atom is -0.280 e. The smallest absolute Gasteiger partial charge is 0.220 e. The Balaban J connectivity index is 1.50. The van der Waals surface area contributed by atoms with Gasteiger partial charge in [0.1, 0.15) is 0 Å². The van der Waals surface area contributed by atoms with Gasteiger partial charge >= 0.3 is 0 Å². The third-order valence-corrected chi connectivity index (χ3v) is 7.52. The van der Waals surface area contributed by atoms with E-state index in [1.54, 1.807) is 0 Å². The van der Waals surface area contributed by atoms with Crippen LogP contribution in [0, 0.1) is 0 Å². The fourth-order valence-corrected chi connectivity index (χ4v) is 5.83. The van der Waals surface area contributed by atoms with Crippen LogP contribution in [-0.4, -0.2) is 9.55 Å². The first-order chi connectivity index (χ1) is 18.9. The number of imidazole rings is 1. The Labute approximate surface area is 220 Å². The van der Waals surface area contributed by atoms with Gasteiger partial charge in [0, 0.05) is 16.8 Å². The molecular weight excluding hydrogens is 462 g/mol. The van der Waals surface area contributed by atoms with E-state index in [1.807, 2.05) is 0 Å². The van der Waals surface area contributed by atoms with Crippen LogP contribution in [0.1, 0.15) is 0 Å². The van der Waals surface area contributed by atoms with Gasteiger partial charge in [0.15, 0.2) is 0 Å². The molecule has 6 aromatic carbocycles. The molecule has 0 saturated heterocycles. The van der Waals surface area contributed by atoms with Crippen molar-refractivity contribution >= 4 is 39.1 Å². The lowest BCUT2D eigenvalue weighted by atomic mass is 9.95. The van der Waals surface area contributed by atoms with Crippen LogP contribution in [0.3, 0.4) is 0 Å². The van der Waals surface area contributed by atoms with Crippen molar-refractivity contribution < 1.29 is 0 Å². The highest BCUT2D eigenvalue weighted by molar-refractivity contribution is 6.07. The molecule has 3 nitrogen and oxygen atoms in total. The van der Waals surface area contributed by atoms with Crippen molar-refractivity contribution in [1.82, 2.24) is 9.55 Å². The lowest BCUT2D eigenvalue weighted by Crippen LogP contribution is -2.14. The molecule has 0 N–H and O–H groups in total. The molecule has 0 fully saturated rings. The summed E-state index contributed by atoms with van der Waals surface area (Å²) in [6, 6.07) is 49.6. The van der Waals surface area contributed by atoms with Gasteiger partial charge in [0.25, 0.3) is 0 Å². The van der Waals surface area contributed by atoms with Gasteiger partial charge in [-0.2, -0.15) is 0 Å². The average Bonchev–Trinajstić information content (AvgIpc) is 3.31. The molecule has 3 heteroatoms. The molecule has 178 valence electrons. The van der Waals surface area contributed by atoms with Crippen molar-refractivity contribution in [1.29, 1.82) is 0 Å². The van der Waals surface area contributed by atoms with Crippen LogP contribution in [0.2, 0.25) is 0 Å². The first-order valence-corrected chi connectivity index (χ1v) is 12.9. The molecule has 8 rings (SSSR count). The maximum absolute atomic E-state index is 5.24. The zero-order chi connectivity index (χ0) is 25.1. The second-order valence-corrected chi connectivity index (χ2v) is 9.69. The summed E-state index contributed by atoms with van der Waals surface area (Å²) in [5.74, 6) is 0.887. The fourth-order valence-electron chi connectivity index (χ4n) is 5.83. The van der Waals surface area contributed by atoms with Gasteiger partial charge in [-0.3, -0.25) is 9.47 Å². The number of hydrogen-bond donors (Lipinski definition) is 0. The molecule has 2 heterocycles. The lowest BCUT2D eigenvalue weighted by molar-refractivity contribution is 1.05. The summed E-state index contributed by atoms with van der Waals surface area (Å²) in [6.07, 6.45) is 0. The molecule has 0 unspecified atom stereocenters. The maximum atomic E-state index is 5.24. The van der Waals surface area contributed by atoms with Crippen LogP contribution < -0.4 is 4.90 Å². The van der Waals surface area contributed by atoms with E-state index in [1.165, 1.54) is 33.0 Å². The molecule has 0 aliphatic carbocycles. The number of nitrogens with zero attached hydrogens (tertiary/aromatic N) is 3. The van der Waals surface area contributed by atoms with Gasteiger partial charge in [0.2, 0.25) is 5.95 Å². The number of para-hydroxylation sites is 3. The Morgan fingerprint density at radius 2 is 1.29 bits per heavy atom. The Kier molecular flexibility index (Phi) is 4.52. The summed E-state index contributed by atoms with van der Waals surface area (Å²) in [4.78, 5) is 7.56. The predicted octanol–water partition coefficient (Wildman–Crippen LogP) is 9.30. The summed E-state index contributed by atoms with van der Waals surface area (Å²) in [5, 5.41) is 2.47. The average molecular weight is 486 g/mol. The zero-order valence-electron chi connectivity index (χ0n) is 20.6. The second kappa shape index (κ2) is 8.19. The minimum atomic E-state index is 0.887. The van der Waals surface area contributed by atoms with Gasteiger partial charge in [-0.25, -0.2) is 4.98 Å². The minimum absolute atomic E-state index is 0.887. The Morgan fingerprint density at radius 1 is 0.526 bits per heavy atom. The largest absolute Gasteiger partial charge is 0.280 e. The molecule has 0 spiro atoms. The van der Waals surface area contributed by atoms with E-state index in [2.05, 4.69) is 149 Å².